The molecule has 0 aliphatic carbocycles. The van der Waals surface area contributed by atoms with E-state index in [4.69, 9.17) is 28.9 Å². The molecule has 0 saturated carbocycles. The fourth-order valence-corrected chi connectivity index (χ4v) is 1.23. The van der Waals surface area contributed by atoms with E-state index < -0.39 is 0 Å². The molecule has 2 N–H and O–H groups in total. The maximum atomic E-state index is 5.72. The summed E-state index contributed by atoms with van der Waals surface area (Å²) in [7, 11) is 0. The first-order valence-electron chi connectivity index (χ1n) is 3.10. The van der Waals surface area contributed by atoms with Crippen LogP contribution in [0.25, 0.3) is 0 Å². The molecule has 0 radical (unpaired) electrons. The zero-order chi connectivity index (χ0) is 8.27. The van der Waals surface area contributed by atoms with Crippen molar-refractivity contribution in [1.82, 2.24) is 9.97 Å². The Labute approximate surface area is 86.7 Å². The van der Waals surface area contributed by atoms with Crippen molar-refractivity contribution in [1.29, 1.82) is 0 Å². The molecule has 12 heavy (non-hydrogen) atoms. The molecule has 0 saturated heterocycles. The van der Waals surface area contributed by atoms with E-state index in [-0.39, 0.29) is 12.4 Å². The third-order valence-electron chi connectivity index (χ3n) is 1.23. The first kappa shape index (κ1) is 11.9. The maximum Gasteiger partial charge on any atom is 0.137 e. The molecule has 1 rings (SSSR count). The van der Waals surface area contributed by atoms with E-state index in [1.165, 1.54) is 6.33 Å². The predicted molar refractivity (Wildman–Crippen MR) is 52.1 cm³/mol. The number of nitrogens with zero attached hydrogens (tertiary/aromatic N) is 2. The van der Waals surface area contributed by atoms with Crippen molar-refractivity contribution in [3.8, 4) is 0 Å². The van der Waals surface area contributed by atoms with Crippen molar-refractivity contribution < 1.29 is 0 Å². The Morgan fingerprint density at radius 2 is 1.75 bits per heavy atom. The second-order valence-corrected chi connectivity index (χ2v) is 2.69. The number of hydrogen-bond acceptors (Lipinski definition) is 3. The quantitative estimate of drug-likeness (QED) is 0.784. The van der Waals surface area contributed by atoms with Crippen LogP contribution in [0.1, 0.15) is 5.56 Å². The van der Waals surface area contributed by atoms with E-state index in [2.05, 4.69) is 9.97 Å². The molecule has 1 heterocycles. The Morgan fingerprint density at radius 1 is 1.25 bits per heavy atom. The minimum absolute atomic E-state index is 0. The van der Waals surface area contributed by atoms with E-state index in [9.17, 15) is 0 Å². The molecular weight excluding hydrogens is 220 g/mol. The van der Waals surface area contributed by atoms with Gasteiger partial charge in [-0.15, -0.1) is 12.4 Å². The molecule has 6 heteroatoms. The van der Waals surface area contributed by atoms with Gasteiger partial charge >= 0.3 is 0 Å². The summed E-state index contributed by atoms with van der Waals surface area (Å²) in [5.41, 5.74) is 6.05. The van der Waals surface area contributed by atoms with Crippen LogP contribution in [0.3, 0.4) is 0 Å². The van der Waals surface area contributed by atoms with Gasteiger partial charge in [0.1, 0.15) is 16.6 Å². The van der Waals surface area contributed by atoms with E-state index in [1.807, 2.05) is 0 Å². The summed E-state index contributed by atoms with van der Waals surface area (Å²) in [6, 6.07) is 0. The van der Waals surface area contributed by atoms with E-state index in [1.54, 1.807) is 0 Å². The van der Waals surface area contributed by atoms with Crippen LogP contribution in [0, 0.1) is 0 Å². The van der Waals surface area contributed by atoms with Gasteiger partial charge in [-0.1, -0.05) is 23.2 Å². The number of hydrogen-bond donors (Lipinski definition) is 1. The molecule has 68 valence electrons. The minimum Gasteiger partial charge on any atom is -0.330 e. The van der Waals surface area contributed by atoms with Crippen LogP contribution in [0.4, 0.5) is 0 Å². The average Bonchev–Trinajstić information content (AvgIpc) is 1.97. The van der Waals surface area contributed by atoms with Crippen LogP contribution in [0.2, 0.25) is 10.3 Å². The first-order valence-corrected chi connectivity index (χ1v) is 3.86. The summed E-state index contributed by atoms with van der Waals surface area (Å²) < 4.78 is 0. The molecule has 0 atom stereocenters. The number of aromatic nitrogens is 2. The molecule has 0 aromatic carbocycles. The number of halogens is 3. The van der Waals surface area contributed by atoms with Crippen LogP contribution in [-0.2, 0) is 6.42 Å². The molecule has 0 unspecified atom stereocenters. The van der Waals surface area contributed by atoms with Gasteiger partial charge in [0.05, 0.1) is 0 Å². The van der Waals surface area contributed by atoms with E-state index >= 15 is 0 Å². The van der Waals surface area contributed by atoms with Gasteiger partial charge in [-0.25, -0.2) is 9.97 Å². The van der Waals surface area contributed by atoms with Crippen LogP contribution < -0.4 is 5.73 Å². The summed E-state index contributed by atoms with van der Waals surface area (Å²) in [4.78, 5) is 7.55. The topological polar surface area (TPSA) is 51.8 Å². The van der Waals surface area contributed by atoms with Gasteiger partial charge in [0, 0.05) is 5.56 Å². The fraction of sp³-hybridized carbons (Fsp3) is 0.333. The normalized spacial score (nSPS) is 9.25. The largest absolute Gasteiger partial charge is 0.330 e. The minimum atomic E-state index is 0. The molecule has 0 amide bonds. The molecule has 0 aliphatic heterocycles. The van der Waals surface area contributed by atoms with Gasteiger partial charge in [-0.05, 0) is 13.0 Å². The van der Waals surface area contributed by atoms with Crippen LogP contribution in [0.15, 0.2) is 6.33 Å². The zero-order valence-corrected chi connectivity index (χ0v) is 8.46. The highest BCUT2D eigenvalue weighted by molar-refractivity contribution is 6.34. The highest BCUT2D eigenvalue weighted by atomic mass is 35.5. The Kier molecular flexibility index (Phi) is 5.50. The second kappa shape index (κ2) is 5.54. The fourth-order valence-electron chi connectivity index (χ4n) is 0.722. The average molecular weight is 229 g/mol. The molecule has 3 nitrogen and oxygen atoms in total. The van der Waals surface area contributed by atoms with Crippen molar-refractivity contribution in [2.24, 2.45) is 5.73 Å². The molecule has 1 aromatic heterocycles. The Bertz CT molecular complexity index is 234. The summed E-state index contributed by atoms with van der Waals surface area (Å²) in [5.74, 6) is 0. The van der Waals surface area contributed by atoms with E-state index in [0.717, 1.165) is 5.56 Å². The molecule has 1 aromatic rings. The summed E-state index contributed by atoms with van der Waals surface area (Å²) >= 11 is 11.4. The van der Waals surface area contributed by atoms with Crippen molar-refractivity contribution in [3.63, 3.8) is 0 Å². The van der Waals surface area contributed by atoms with Gasteiger partial charge < -0.3 is 5.73 Å². The van der Waals surface area contributed by atoms with Crippen molar-refractivity contribution in [2.45, 2.75) is 6.42 Å². The first-order chi connectivity index (χ1) is 5.25. The lowest BCUT2D eigenvalue weighted by Gasteiger charge is -2.01. The zero-order valence-electron chi connectivity index (χ0n) is 6.13. The van der Waals surface area contributed by atoms with E-state index in [0.29, 0.717) is 23.3 Å². The van der Waals surface area contributed by atoms with Gasteiger partial charge in [0.15, 0.2) is 0 Å². The smallest absolute Gasteiger partial charge is 0.137 e. The Balaban J connectivity index is 0.00000121. The predicted octanol–water partition coefficient (Wildman–Crippen LogP) is 1.71. The van der Waals surface area contributed by atoms with Gasteiger partial charge in [0.25, 0.3) is 0 Å². The van der Waals surface area contributed by atoms with Crippen LogP contribution in [0.5, 0.6) is 0 Å². The van der Waals surface area contributed by atoms with Crippen molar-refractivity contribution in [3.05, 3.63) is 22.2 Å². The number of nitrogens with two attached hydrogens (primary N) is 1. The van der Waals surface area contributed by atoms with Crippen molar-refractivity contribution >= 4 is 35.6 Å². The SMILES string of the molecule is Cl.NCCc1c(Cl)ncnc1Cl. The lowest BCUT2D eigenvalue weighted by atomic mass is 10.2. The lowest BCUT2D eigenvalue weighted by Crippen LogP contribution is -2.05. The Morgan fingerprint density at radius 3 is 2.17 bits per heavy atom. The lowest BCUT2D eigenvalue weighted by molar-refractivity contribution is 0.941. The van der Waals surface area contributed by atoms with Gasteiger partial charge in [-0.3, -0.25) is 0 Å². The highest BCUT2D eigenvalue weighted by Crippen LogP contribution is 2.19. The molecule has 0 spiro atoms. The summed E-state index contributed by atoms with van der Waals surface area (Å²) in [6.45, 7) is 0.493. The van der Waals surface area contributed by atoms with Gasteiger partial charge in [-0.2, -0.15) is 0 Å². The molecule has 0 bridgehead atoms. The van der Waals surface area contributed by atoms with Crippen molar-refractivity contribution in [2.75, 3.05) is 6.54 Å². The maximum absolute atomic E-state index is 5.72. The van der Waals surface area contributed by atoms with Crippen LogP contribution >= 0.6 is 35.6 Å². The molecule has 0 fully saturated rings. The third kappa shape index (κ3) is 2.75. The second-order valence-electron chi connectivity index (χ2n) is 1.97. The molecule has 0 aliphatic rings. The van der Waals surface area contributed by atoms with Crippen LogP contribution in [-0.4, -0.2) is 16.5 Å². The number of rotatable bonds is 2. The highest BCUT2D eigenvalue weighted by Gasteiger charge is 2.05. The van der Waals surface area contributed by atoms with Gasteiger partial charge in [0.2, 0.25) is 0 Å². The standard InChI is InChI=1S/C6H7Cl2N3.ClH/c7-5-4(1-2-9)6(8)11-3-10-5;/h3H,1-2,9H2;1H. The monoisotopic (exact) mass is 227 g/mol. The summed E-state index contributed by atoms with van der Waals surface area (Å²) in [6.07, 6.45) is 1.93. The summed E-state index contributed by atoms with van der Waals surface area (Å²) in [5, 5.41) is 0.769. The molecular formula is C6H8Cl3N3. The Hall–Kier alpha value is -0.0900. The third-order valence-corrected chi connectivity index (χ3v) is 1.89.